The van der Waals surface area contributed by atoms with Gasteiger partial charge in [-0.3, -0.25) is 4.90 Å². The largest absolute Gasteiger partial charge is 0.392 e. The highest BCUT2D eigenvalue weighted by atomic mass is 16.3. The van der Waals surface area contributed by atoms with Gasteiger partial charge >= 0.3 is 0 Å². The summed E-state index contributed by atoms with van der Waals surface area (Å²) in [5.74, 6) is 0.728. The van der Waals surface area contributed by atoms with Gasteiger partial charge in [-0.1, -0.05) is 43.2 Å². The normalized spacial score (nSPS) is 33.1. The lowest BCUT2D eigenvalue weighted by molar-refractivity contribution is -0.0230. The van der Waals surface area contributed by atoms with Crippen LogP contribution < -0.4 is 0 Å². The Balaban J connectivity index is 1.72. The summed E-state index contributed by atoms with van der Waals surface area (Å²) in [5.41, 5.74) is 1.37. The van der Waals surface area contributed by atoms with Crippen LogP contribution in [-0.4, -0.2) is 28.7 Å². The number of aliphatic hydroxyl groups is 1. The van der Waals surface area contributed by atoms with E-state index < -0.39 is 0 Å². The lowest BCUT2D eigenvalue weighted by atomic mass is 9.77. The molecule has 0 amide bonds. The highest BCUT2D eigenvalue weighted by Crippen LogP contribution is 2.36. The molecule has 0 unspecified atom stereocenters. The number of likely N-dealkylation sites (tertiary alicyclic amines) is 1. The first kappa shape index (κ1) is 12.2. The molecule has 1 N–H and O–H groups in total. The van der Waals surface area contributed by atoms with Crippen molar-refractivity contribution in [2.45, 2.75) is 50.8 Å². The Morgan fingerprint density at radius 3 is 2.72 bits per heavy atom. The third kappa shape index (κ3) is 2.60. The highest BCUT2D eigenvalue weighted by molar-refractivity contribution is 5.15. The van der Waals surface area contributed by atoms with Crippen LogP contribution in [0.25, 0.3) is 0 Å². The Morgan fingerprint density at radius 2 is 1.89 bits per heavy atom. The number of hydrogen-bond acceptors (Lipinski definition) is 2. The molecule has 18 heavy (non-hydrogen) atoms. The van der Waals surface area contributed by atoms with Crippen LogP contribution in [0.15, 0.2) is 30.3 Å². The molecule has 3 rings (SSSR count). The van der Waals surface area contributed by atoms with E-state index in [0.717, 1.165) is 25.4 Å². The van der Waals surface area contributed by atoms with Crippen molar-refractivity contribution in [2.75, 3.05) is 6.54 Å². The Hall–Kier alpha value is -0.860. The molecule has 0 aromatic heterocycles. The van der Waals surface area contributed by atoms with E-state index in [1.807, 2.05) is 0 Å². The number of nitrogens with zero attached hydrogens (tertiary/aromatic N) is 1. The summed E-state index contributed by atoms with van der Waals surface area (Å²) >= 11 is 0. The van der Waals surface area contributed by atoms with Crippen molar-refractivity contribution in [1.82, 2.24) is 4.90 Å². The SMILES string of the molecule is O[C@@H]1C[C@@H]2CCCC[C@H]2N(Cc2ccccc2)C1. The molecule has 2 nitrogen and oxygen atoms in total. The van der Waals surface area contributed by atoms with Gasteiger partial charge in [-0.15, -0.1) is 0 Å². The summed E-state index contributed by atoms with van der Waals surface area (Å²) in [4.78, 5) is 2.52. The smallest absolute Gasteiger partial charge is 0.0670 e. The van der Waals surface area contributed by atoms with Crippen LogP contribution in [0.1, 0.15) is 37.7 Å². The maximum Gasteiger partial charge on any atom is 0.0670 e. The first-order valence-electron chi connectivity index (χ1n) is 7.29. The van der Waals surface area contributed by atoms with Gasteiger partial charge in [0.2, 0.25) is 0 Å². The molecule has 1 aliphatic heterocycles. The molecule has 1 aliphatic carbocycles. The van der Waals surface area contributed by atoms with Crippen LogP contribution in [0.2, 0.25) is 0 Å². The highest BCUT2D eigenvalue weighted by Gasteiger charge is 2.36. The predicted octanol–water partition coefficient (Wildman–Crippen LogP) is 2.81. The minimum absolute atomic E-state index is 0.118. The molecule has 2 heteroatoms. The molecule has 0 radical (unpaired) electrons. The van der Waals surface area contributed by atoms with E-state index >= 15 is 0 Å². The maximum atomic E-state index is 10.1. The van der Waals surface area contributed by atoms with E-state index in [1.54, 1.807) is 0 Å². The van der Waals surface area contributed by atoms with Gasteiger partial charge in [0.15, 0.2) is 0 Å². The minimum Gasteiger partial charge on any atom is -0.392 e. The summed E-state index contributed by atoms with van der Waals surface area (Å²) in [6.45, 7) is 1.86. The van der Waals surface area contributed by atoms with Crippen LogP contribution >= 0.6 is 0 Å². The van der Waals surface area contributed by atoms with Crippen molar-refractivity contribution in [3.63, 3.8) is 0 Å². The van der Waals surface area contributed by atoms with Crippen molar-refractivity contribution < 1.29 is 5.11 Å². The first-order chi connectivity index (χ1) is 8.83. The van der Waals surface area contributed by atoms with Crippen molar-refractivity contribution >= 4 is 0 Å². The third-order valence-electron chi connectivity index (χ3n) is 4.59. The number of rotatable bonds is 2. The number of hydrogen-bond donors (Lipinski definition) is 1. The molecule has 0 bridgehead atoms. The van der Waals surface area contributed by atoms with E-state index in [1.165, 1.54) is 31.2 Å². The quantitative estimate of drug-likeness (QED) is 0.866. The lowest BCUT2D eigenvalue weighted by Crippen LogP contribution is -2.51. The molecule has 1 saturated carbocycles. The lowest BCUT2D eigenvalue weighted by Gasteiger charge is -2.46. The molecule has 98 valence electrons. The molecule has 0 spiro atoms. The van der Waals surface area contributed by atoms with Gasteiger partial charge in [0.1, 0.15) is 0 Å². The van der Waals surface area contributed by atoms with Gasteiger partial charge in [-0.2, -0.15) is 0 Å². The van der Waals surface area contributed by atoms with Crippen LogP contribution in [0, 0.1) is 5.92 Å². The second kappa shape index (κ2) is 5.41. The summed E-state index contributed by atoms with van der Waals surface area (Å²) in [5, 5.41) is 10.1. The number of benzene rings is 1. The fourth-order valence-electron chi connectivity index (χ4n) is 3.77. The van der Waals surface area contributed by atoms with Crippen LogP contribution in [0.4, 0.5) is 0 Å². The zero-order valence-corrected chi connectivity index (χ0v) is 11.0. The molecule has 2 aliphatic rings. The van der Waals surface area contributed by atoms with E-state index in [-0.39, 0.29) is 6.10 Å². The van der Waals surface area contributed by atoms with Crippen molar-refractivity contribution in [3.8, 4) is 0 Å². The van der Waals surface area contributed by atoms with Crippen LogP contribution in [0.3, 0.4) is 0 Å². The summed E-state index contributed by atoms with van der Waals surface area (Å²) in [6.07, 6.45) is 6.26. The predicted molar refractivity (Wildman–Crippen MR) is 73.2 cm³/mol. The fourth-order valence-corrected chi connectivity index (χ4v) is 3.77. The zero-order chi connectivity index (χ0) is 12.4. The van der Waals surface area contributed by atoms with E-state index in [4.69, 9.17) is 0 Å². The summed E-state index contributed by atoms with van der Waals surface area (Å²) < 4.78 is 0. The van der Waals surface area contributed by atoms with Crippen molar-refractivity contribution in [1.29, 1.82) is 0 Å². The number of piperidine rings is 1. The third-order valence-corrected chi connectivity index (χ3v) is 4.59. The average molecular weight is 245 g/mol. The average Bonchev–Trinajstić information content (AvgIpc) is 2.40. The topological polar surface area (TPSA) is 23.5 Å². The van der Waals surface area contributed by atoms with Gasteiger partial charge in [0.25, 0.3) is 0 Å². The summed E-state index contributed by atoms with van der Waals surface area (Å²) in [6, 6.07) is 11.4. The molecule has 1 heterocycles. The molecule has 1 aromatic rings. The van der Waals surface area contributed by atoms with Crippen molar-refractivity contribution in [2.24, 2.45) is 5.92 Å². The van der Waals surface area contributed by atoms with Gasteiger partial charge in [0, 0.05) is 19.1 Å². The Bertz CT molecular complexity index is 378. The van der Waals surface area contributed by atoms with Crippen LogP contribution in [-0.2, 0) is 6.54 Å². The number of β-amino-alcohol motifs (C(OH)–C–C–N with tert-alkyl or cyclic N) is 1. The number of fused-ring (bicyclic) bond motifs is 1. The van der Waals surface area contributed by atoms with Crippen molar-refractivity contribution in [3.05, 3.63) is 35.9 Å². The zero-order valence-electron chi connectivity index (χ0n) is 11.0. The Labute approximate surface area is 110 Å². The van der Waals surface area contributed by atoms with E-state index in [0.29, 0.717) is 6.04 Å². The molecule has 2 fully saturated rings. The molecule has 1 saturated heterocycles. The molecular formula is C16H23NO. The maximum absolute atomic E-state index is 10.1. The summed E-state index contributed by atoms with van der Waals surface area (Å²) in [7, 11) is 0. The minimum atomic E-state index is -0.118. The second-order valence-corrected chi connectivity index (χ2v) is 5.92. The van der Waals surface area contributed by atoms with Gasteiger partial charge in [-0.05, 0) is 30.7 Å². The van der Waals surface area contributed by atoms with Gasteiger partial charge < -0.3 is 5.11 Å². The molecule has 3 atom stereocenters. The van der Waals surface area contributed by atoms with Gasteiger partial charge in [0.05, 0.1) is 6.10 Å². The molecule has 1 aromatic carbocycles. The standard InChI is InChI=1S/C16H23NO/c18-15-10-14-8-4-5-9-16(14)17(12-15)11-13-6-2-1-3-7-13/h1-3,6-7,14-16,18H,4-5,8-12H2/t14-,15+,16+/m0/s1. The Kier molecular flexibility index (Phi) is 3.67. The Morgan fingerprint density at radius 1 is 1.11 bits per heavy atom. The van der Waals surface area contributed by atoms with Crippen LogP contribution in [0.5, 0.6) is 0 Å². The van der Waals surface area contributed by atoms with E-state index in [9.17, 15) is 5.11 Å². The molecular weight excluding hydrogens is 222 g/mol. The monoisotopic (exact) mass is 245 g/mol. The second-order valence-electron chi connectivity index (χ2n) is 5.92. The van der Waals surface area contributed by atoms with E-state index in [2.05, 4.69) is 35.2 Å². The number of aliphatic hydroxyl groups excluding tert-OH is 1. The first-order valence-corrected chi connectivity index (χ1v) is 7.29. The van der Waals surface area contributed by atoms with Gasteiger partial charge in [-0.25, -0.2) is 0 Å². The fraction of sp³-hybridized carbons (Fsp3) is 0.625.